The summed E-state index contributed by atoms with van der Waals surface area (Å²) in [7, 11) is 0. The molecule has 0 aromatic carbocycles. The monoisotopic (exact) mass is 277 g/mol. The van der Waals surface area contributed by atoms with Crippen molar-refractivity contribution < 1.29 is 9.59 Å². The molecule has 5 N–H and O–H groups in total. The summed E-state index contributed by atoms with van der Waals surface area (Å²) < 4.78 is 0. The molecule has 7 nitrogen and oxygen atoms in total. The summed E-state index contributed by atoms with van der Waals surface area (Å²) in [4.78, 5) is 29.0. The Morgan fingerprint density at radius 2 is 2.00 bits per heavy atom. The van der Waals surface area contributed by atoms with E-state index in [1.54, 1.807) is 0 Å². The van der Waals surface area contributed by atoms with Gasteiger partial charge in [0.05, 0.1) is 24.0 Å². The molecule has 20 heavy (non-hydrogen) atoms. The number of hydrogen-bond donors (Lipinski definition) is 3. The van der Waals surface area contributed by atoms with Gasteiger partial charge in [-0.25, -0.2) is 4.98 Å². The number of pyridine rings is 1. The maximum Gasteiger partial charge on any atom is 0.250 e. The molecule has 0 bridgehead atoms. The second kappa shape index (κ2) is 6.23. The molecule has 1 aliphatic rings. The molecule has 2 rings (SSSR count). The zero-order valence-corrected chi connectivity index (χ0v) is 11.3. The Morgan fingerprint density at radius 1 is 1.30 bits per heavy atom. The number of nitrogens with zero attached hydrogens (tertiary/aromatic N) is 2. The number of anilines is 2. The van der Waals surface area contributed by atoms with Crippen molar-refractivity contribution in [2.24, 2.45) is 5.73 Å². The summed E-state index contributed by atoms with van der Waals surface area (Å²) in [6, 6.07) is 1.46. The van der Waals surface area contributed by atoms with Crippen LogP contribution in [0.5, 0.6) is 0 Å². The lowest BCUT2D eigenvalue weighted by Crippen LogP contribution is -2.39. The van der Waals surface area contributed by atoms with Crippen molar-refractivity contribution in [1.29, 1.82) is 0 Å². The largest absolute Gasteiger partial charge is 0.397 e. The molecule has 1 aliphatic heterocycles. The fourth-order valence-electron chi connectivity index (χ4n) is 2.20. The van der Waals surface area contributed by atoms with Crippen LogP contribution in [0, 0.1) is 0 Å². The third-order valence-electron chi connectivity index (χ3n) is 3.33. The minimum atomic E-state index is -0.615. The van der Waals surface area contributed by atoms with E-state index in [1.807, 2.05) is 4.90 Å². The topological polar surface area (TPSA) is 114 Å². The number of hydrogen-bond acceptors (Lipinski definition) is 5. The normalized spacial score (nSPS) is 14.9. The minimum Gasteiger partial charge on any atom is -0.397 e. The Labute approximate surface area is 117 Å². The van der Waals surface area contributed by atoms with Crippen LogP contribution in [-0.2, 0) is 4.79 Å². The quantitative estimate of drug-likeness (QED) is 0.726. The Morgan fingerprint density at radius 3 is 2.65 bits per heavy atom. The van der Waals surface area contributed by atoms with Crippen molar-refractivity contribution in [3.63, 3.8) is 0 Å². The Balaban J connectivity index is 1.95. The number of nitrogens with one attached hydrogen (secondary N) is 1. The summed E-state index contributed by atoms with van der Waals surface area (Å²) >= 11 is 0. The highest BCUT2D eigenvalue weighted by molar-refractivity contribution is 5.98. The summed E-state index contributed by atoms with van der Waals surface area (Å²) in [5.41, 5.74) is 11.2. The molecule has 108 valence electrons. The van der Waals surface area contributed by atoms with Crippen LogP contribution in [-0.4, -0.2) is 41.3 Å². The van der Waals surface area contributed by atoms with E-state index >= 15 is 0 Å². The highest BCUT2D eigenvalue weighted by atomic mass is 16.2. The fourth-order valence-corrected chi connectivity index (χ4v) is 2.20. The molecule has 7 heteroatoms. The van der Waals surface area contributed by atoms with Gasteiger partial charge in [0.2, 0.25) is 5.91 Å². The van der Waals surface area contributed by atoms with Crippen molar-refractivity contribution in [3.05, 3.63) is 17.8 Å². The number of carbonyl (C=O) groups is 2. The molecule has 0 spiro atoms. The number of carbonyl (C=O) groups excluding carboxylic acids is 2. The van der Waals surface area contributed by atoms with E-state index in [-0.39, 0.29) is 23.7 Å². The number of nitrogens with two attached hydrogens (primary N) is 2. The molecule has 0 aliphatic carbocycles. The van der Waals surface area contributed by atoms with Crippen molar-refractivity contribution >= 4 is 23.3 Å². The van der Waals surface area contributed by atoms with E-state index < -0.39 is 5.91 Å². The van der Waals surface area contributed by atoms with Crippen LogP contribution in [0.2, 0.25) is 0 Å². The van der Waals surface area contributed by atoms with Crippen LogP contribution in [0.1, 0.15) is 29.6 Å². The molecule has 0 saturated carbocycles. The number of nitrogen functional groups attached to an aromatic ring is 1. The third-order valence-corrected chi connectivity index (χ3v) is 3.33. The Kier molecular flexibility index (Phi) is 4.39. The highest BCUT2D eigenvalue weighted by Gasteiger charge is 2.16. The van der Waals surface area contributed by atoms with Gasteiger partial charge in [0.25, 0.3) is 5.91 Å². The summed E-state index contributed by atoms with van der Waals surface area (Å²) in [5, 5.41) is 2.90. The number of aromatic nitrogens is 1. The van der Waals surface area contributed by atoms with E-state index in [2.05, 4.69) is 10.3 Å². The highest BCUT2D eigenvalue weighted by Crippen LogP contribution is 2.14. The molecule has 0 atom stereocenters. The summed E-state index contributed by atoms with van der Waals surface area (Å²) in [6.45, 7) is 1.76. The van der Waals surface area contributed by atoms with Crippen molar-refractivity contribution in [1.82, 2.24) is 9.88 Å². The SMILES string of the molecule is NC(=O)c1cc(NCC(=O)N2CCCCC2)ncc1N. The Bertz CT molecular complexity index is 511. The Hall–Kier alpha value is -2.31. The first-order valence-corrected chi connectivity index (χ1v) is 6.65. The van der Waals surface area contributed by atoms with Crippen LogP contribution in [0.3, 0.4) is 0 Å². The molecule has 1 fully saturated rings. The number of amides is 2. The number of likely N-dealkylation sites (tertiary alicyclic amines) is 1. The third kappa shape index (κ3) is 3.37. The van der Waals surface area contributed by atoms with Gasteiger partial charge in [0, 0.05) is 13.1 Å². The molecule has 0 radical (unpaired) electrons. The molecular formula is C13H19N5O2. The van der Waals surface area contributed by atoms with Crippen molar-refractivity contribution in [2.75, 3.05) is 30.7 Å². The summed E-state index contributed by atoms with van der Waals surface area (Å²) in [5.74, 6) is -0.169. The average Bonchev–Trinajstić information content (AvgIpc) is 2.46. The van der Waals surface area contributed by atoms with Gasteiger partial charge in [0.1, 0.15) is 5.82 Å². The van der Waals surface area contributed by atoms with Gasteiger partial charge in [0.15, 0.2) is 0 Å². The molecule has 2 amide bonds. The van der Waals surface area contributed by atoms with Gasteiger partial charge in [-0.15, -0.1) is 0 Å². The second-order valence-electron chi connectivity index (χ2n) is 4.82. The van der Waals surface area contributed by atoms with Gasteiger partial charge in [-0.05, 0) is 25.3 Å². The first kappa shape index (κ1) is 14.1. The number of piperidine rings is 1. The molecule has 2 heterocycles. The molecular weight excluding hydrogens is 258 g/mol. The summed E-state index contributed by atoms with van der Waals surface area (Å²) in [6.07, 6.45) is 4.64. The number of rotatable bonds is 4. The van der Waals surface area contributed by atoms with Crippen LogP contribution in [0.25, 0.3) is 0 Å². The molecule has 1 saturated heterocycles. The maximum atomic E-state index is 12.0. The first-order valence-electron chi connectivity index (χ1n) is 6.65. The number of primary amides is 1. The predicted octanol–water partition coefficient (Wildman–Crippen LogP) is 0.187. The van der Waals surface area contributed by atoms with Crippen LogP contribution < -0.4 is 16.8 Å². The zero-order chi connectivity index (χ0) is 14.5. The van der Waals surface area contributed by atoms with E-state index in [9.17, 15) is 9.59 Å². The second-order valence-corrected chi connectivity index (χ2v) is 4.82. The standard InChI is InChI=1S/C13H19N5O2/c14-10-7-16-11(6-9(10)13(15)20)17-8-12(19)18-4-2-1-3-5-18/h6-7H,1-5,8,14H2,(H2,15,20)(H,16,17). The van der Waals surface area contributed by atoms with Crippen LogP contribution >= 0.6 is 0 Å². The van der Waals surface area contributed by atoms with Gasteiger partial charge in [-0.1, -0.05) is 0 Å². The fraction of sp³-hybridized carbons (Fsp3) is 0.462. The van der Waals surface area contributed by atoms with E-state index in [0.29, 0.717) is 5.82 Å². The van der Waals surface area contributed by atoms with E-state index in [4.69, 9.17) is 11.5 Å². The van der Waals surface area contributed by atoms with Crippen molar-refractivity contribution in [2.45, 2.75) is 19.3 Å². The minimum absolute atomic E-state index is 0.0314. The van der Waals surface area contributed by atoms with Gasteiger partial charge < -0.3 is 21.7 Å². The van der Waals surface area contributed by atoms with Crippen LogP contribution in [0.15, 0.2) is 12.3 Å². The van der Waals surface area contributed by atoms with Crippen molar-refractivity contribution in [3.8, 4) is 0 Å². The first-order chi connectivity index (χ1) is 9.58. The lowest BCUT2D eigenvalue weighted by Gasteiger charge is -2.26. The average molecular weight is 277 g/mol. The predicted molar refractivity (Wildman–Crippen MR) is 76.1 cm³/mol. The molecule has 0 unspecified atom stereocenters. The molecule has 1 aromatic rings. The van der Waals surface area contributed by atoms with Gasteiger partial charge in [-0.2, -0.15) is 0 Å². The van der Waals surface area contributed by atoms with E-state index in [1.165, 1.54) is 18.7 Å². The molecule has 1 aromatic heterocycles. The lowest BCUT2D eigenvalue weighted by atomic mass is 10.1. The lowest BCUT2D eigenvalue weighted by molar-refractivity contribution is -0.130. The smallest absolute Gasteiger partial charge is 0.250 e. The zero-order valence-electron chi connectivity index (χ0n) is 11.3. The van der Waals surface area contributed by atoms with Crippen LogP contribution in [0.4, 0.5) is 11.5 Å². The van der Waals surface area contributed by atoms with E-state index in [0.717, 1.165) is 25.9 Å². The maximum absolute atomic E-state index is 12.0. The van der Waals surface area contributed by atoms with Gasteiger partial charge >= 0.3 is 0 Å². The van der Waals surface area contributed by atoms with Gasteiger partial charge in [-0.3, -0.25) is 9.59 Å².